The van der Waals surface area contributed by atoms with E-state index in [1.54, 1.807) is 0 Å². The van der Waals surface area contributed by atoms with Gasteiger partial charge < -0.3 is 40.9 Å². The highest BCUT2D eigenvalue weighted by molar-refractivity contribution is 7.80. The molecule has 0 aromatic rings. The second-order valence-electron chi connectivity index (χ2n) is 5.64. The van der Waals surface area contributed by atoms with Crippen molar-refractivity contribution in [1.82, 2.24) is 4.90 Å². The van der Waals surface area contributed by atoms with Crippen LogP contribution in [0, 0.1) is 0 Å². The fourth-order valence-electron chi connectivity index (χ4n) is 2.58. The highest BCUT2D eigenvalue weighted by atomic mass is 32.3. The molecule has 9 N–H and O–H groups in total. The SMILES string of the molecule is O=S(=O)(O)O[C@@H]([C@H](O)[C@H](O)CO)[C@@H](O)C(O)N1C[C@H](O)[C@@H](O)[C@@H]1CO. The maximum Gasteiger partial charge on any atom is 0.397 e. The Morgan fingerprint density at radius 3 is 2.08 bits per heavy atom. The Bertz CT molecular complexity index is 517. The third-order valence-electron chi connectivity index (χ3n) is 3.93. The quantitative estimate of drug-likeness (QED) is 0.166. The van der Waals surface area contributed by atoms with Crippen molar-refractivity contribution in [2.45, 2.75) is 48.9 Å². The summed E-state index contributed by atoms with van der Waals surface area (Å²) in [5.74, 6) is 0. The third-order valence-corrected chi connectivity index (χ3v) is 4.40. The number of aliphatic hydroxyl groups excluding tert-OH is 8. The van der Waals surface area contributed by atoms with E-state index in [9.17, 15) is 44.2 Å². The van der Waals surface area contributed by atoms with Crippen molar-refractivity contribution in [2.24, 2.45) is 0 Å². The van der Waals surface area contributed by atoms with E-state index in [0.717, 1.165) is 4.90 Å². The molecule has 1 heterocycles. The van der Waals surface area contributed by atoms with Gasteiger partial charge in [0.05, 0.1) is 31.5 Å². The molecule has 1 rings (SSSR count). The van der Waals surface area contributed by atoms with Crippen LogP contribution in [0.2, 0.25) is 0 Å². The Labute approximate surface area is 142 Å². The largest absolute Gasteiger partial charge is 0.397 e. The molecule has 1 fully saturated rings. The van der Waals surface area contributed by atoms with E-state index < -0.39 is 79.1 Å². The Kier molecular flexibility index (Phi) is 8.06. The molecule has 1 aliphatic rings. The van der Waals surface area contributed by atoms with Crippen molar-refractivity contribution in [3.63, 3.8) is 0 Å². The average molecular weight is 393 g/mol. The Hall–Kier alpha value is -0.490. The molecule has 25 heavy (non-hydrogen) atoms. The van der Waals surface area contributed by atoms with Gasteiger partial charge in [-0.15, -0.1) is 0 Å². The molecule has 0 bridgehead atoms. The Morgan fingerprint density at radius 1 is 1.08 bits per heavy atom. The highest BCUT2D eigenvalue weighted by Gasteiger charge is 2.48. The first-order valence-electron chi connectivity index (χ1n) is 7.16. The maximum absolute atomic E-state index is 10.9. The van der Waals surface area contributed by atoms with Gasteiger partial charge >= 0.3 is 10.4 Å². The molecular weight excluding hydrogens is 370 g/mol. The molecule has 0 aromatic heterocycles. The lowest BCUT2D eigenvalue weighted by molar-refractivity contribution is -0.169. The zero-order chi connectivity index (χ0) is 19.5. The van der Waals surface area contributed by atoms with Crippen molar-refractivity contribution in [1.29, 1.82) is 0 Å². The molecule has 13 nitrogen and oxygen atoms in total. The standard InChI is InChI=1S/C11H23NO12S/c13-2-4-7(17)5(15)1-12(4)11(20)9(19)10(24-25(21,22)23)8(18)6(16)3-14/h4-11,13-20H,1-3H2,(H,21,22,23)/t4-,5-,6+,7-,8+,9+,10-,11?/m0/s1. The molecular formula is C11H23NO12S. The fourth-order valence-corrected chi connectivity index (χ4v) is 3.09. The van der Waals surface area contributed by atoms with E-state index in [1.807, 2.05) is 0 Å². The van der Waals surface area contributed by atoms with Gasteiger partial charge in [-0.25, -0.2) is 4.18 Å². The van der Waals surface area contributed by atoms with Crippen LogP contribution in [-0.4, -0.2) is 127 Å². The van der Waals surface area contributed by atoms with E-state index in [0.29, 0.717) is 0 Å². The van der Waals surface area contributed by atoms with E-state index in [-0.39, 0.29) is 0 Å². The van der Waals surface area contributed by atoms with Gasteiger partial charge in [0.2, 0.25) is 0 Å². The molecule has 1 saturated heterocycles. The van der Waals surface area contributed by atoms with Gasteiger partial charge in [-0.1, -0.05) is 0 Å². The van der Waals surface area contributed by atoms with E-state index in [2.05, 4.69) is 4.18 Å². The van der Waals surface area contributed by atoms with Gasteiger partial charge in [0.15, 0.2) is 0 Å². The summed E-state index contributed by atoms with van der Waals surface area (Å²) in [6.45, 7) is -2.23. The Balaban J connectivity index is 3.04. The molecule has 0 amide bonds. The molecule has 150 valence electrons. The number of β-amino-alcohol motifs (C(OH)–C–C–N with tert-alkyl or cyclic N) is 1. The highest BCUT2D eigenvalue weighted by Crippen LogP contribution is 2.24. The lowest BCUT2D eigenvalue weighted by Crippen LogP contribution is -2.58. The lowest BCUT2D eigenvalue weighted by atomic mass is 10.0. The topological polar surface area (TPSA) is 229 Å². The van der Waals surface area contributed by atoms with Gasteiger partial charge in [0.1, 0.15) is 30.6 Å². The third kappa shape index (κ3) is 5.49. The summed E-state index contributed by atoms with van der Waals surface area (Å²) in [7, 11) is -5.24. The van der Waals surface area contributed by atoms with Crippen LogP contribution >= 0.6 is 0 Å². The van der Waals surface area contributed by atoms with Gasteiger partial charge in [0, 0.05) is 6.54 Å². The minimum atomic E-state index is -5.24. The first kappa shape index (κ1) is 22.6. The van der Waals surface area contributed by atoms with Crippen LogP contribution < -0.4 is 0 Å². The fraction of sp³-hybridized carbons (Fsp3) is 1.00. The summed E-state index contributed by atoms with van der Waals surface area (Å²) in [6, 6.07) is -1.23. The summed E-state index contributed by atoms with van der Waals surface area (Å²) in [6.07, 6.45) is -13.8. The van der Waals surface area contributed by atoms with Crippen LogP contribution in [0.4, 0.5) is 0 Å². The maximum atomic E-state index is 10.9. The van der Waals surface area contributed by atoms with Crippen LogP contribution in [0.1, 0.15) is 0 Å². The summed E-state index contributed by atoms with van der Waals surface area (Å²) in [5, 5.41) is 76.7. The van der Waals surface area contributed by atoms with Gasteiger partial charge in [0.25, 0.3) is 0 Å². The van der Waals surface area contributed by atoms with E-state index >= 15 is 0 Å². The molecule has 0 aliphatic carbocycles. The lowest BCUT2D eigenvalue weighted by Gasteiger charge is -2.36. The first-order valence-corrected chi connectivity index (χ1v) is 8.52. The smallest absolute Gasteiger partial charge is 0.395 e. The molecule has 1 unspecified atom stereocenters. The van der Waals surface area contributed by atoms with Crippen molar-refractivity contribution >= 4 is 10.4 Å². The molecule has 8 atom stereocenters. The predicted molar refractivity (Wildman–Crippen MR) is 77.1 cm³/mol. The molecule has 1 aliphatic heterocycles. The summed E-state index contributed by atoms with van der Waals surface area (Å²) in [4.78, 5) is 0.818. The first-order chi connectivity index (χ1) is 11.4. The van der Waals surface area contributed by atoms with Crippen LogP contribution in [0.15, 0.2) is 0 Å². The molecule has 0 aromatic carbocycles. The summed E-state index contributed by atoms with van der Waals surface area (Å²) < 4.78 is 34.6. The zero-order valence-electron chi connectivity index (χ0n) is 12.8. The number of hydrogen-bond donors (Lipinski definition) is 9. The van der Waals surface area contributed by atoms with E-state index in [1.165, 1.54) is 0 Å². The number of hydrogen-bond acceptors (Lipinski definition) is 12. The minimum absolute atomic E-state index is 0.429. The number of nitrogens with zero attached hydrogens (tertiary/aromatic N) is 1. The predicted octanol–water partition coefficient (Wildman–Crippen LogP) is -6.03. The van der Waals surface area contributed by atoms with Gasteiger partial charge in [-0.2, -0.15) is 8.42 Å². The number of aliphatic hydroxyl groups is 8. The minimum Gasteiger partial charge on any atom is -0.395 e. The molecule has 0 spiro atoms. The summed E-state index contributed by atoms with van der Waals surface area (Å²) in [5.41, 5.74) is 0. The Morgan fingerprint density at radius 2 is 1.64 bits per heavy atom. The number of rotatable bonds is 9. The van der Waals surface area contributed by atoms with Crippen LogP contribution in [0.25, 0.3) is 0 Å². The van der Waals surface area contributed by atoms with Crippen molar-refractivity contribution in [3.05, 3.63) is 0 Å². The average Bonchev–Trinajstić information content (AvgIpc) is 2.83. The molecule has 14 heteroatoms. The van der Waals surface area contributed by atoms with E-state index in [4.69, 9.17) is 9.66 Å². The number of likely N-dealkylation sites (tertiary alicyclic amines) is 1. The van der Waals surface area contributed by atoms with Crippen molar-refractivity contribution < 1.29 is 58.0 Å². The van der Waals surface area contributed by atoms with Gasteiger partial charge in [-0.05, 0) is 0 Å². The van der Waals surface area contributed by atoms with Crippen molar-refractivity contribution in [2.75, 3.05) is 19.8 Å². The van der Waals surface area contributed by atoms with Crippen LogP contribution in [0.5, 0.6) is 0 Å². The normalized spacial score (nSPS) is 31.5. The van der Waals surface area contributed by atoms with Crippen molar-refractivity contribution in [3.8, 4) is 0 Å². The van der Waals surface area contributed by atoms with Crippen LogP contribution in [-0.2, 0) is 14.6 Å². The molecule has 0 saturated carbocycles. The monoisotopic (exact) mass is 393 g/mol. The second-order valence-corrected chi connectivity index (χ2v) is 6.69. The van der Waals surface area contributed by atoms with Crippen LogP contribution in [0.3, 0.4) is 0 Å². The molecule has 0 radical (unpaired) electrons. The summed E-state index contributed by atoms with van der Waals surface area (Å²) >= 11 is 0. The van der Waals surface area contributed by atoms with Gasteiger partial charge in [-0.3, -0.25) is 9.45 Å². The second kappa shape index (κ2) is 8.94. The zero-order valence-corrected chi connectivity index (χ0v) is 13.7.